The van der Waals surface area contributed by atoms with E-state index in [1.807, 2.05) is 43.3 Å². The van der Waals surface area contributed by atoms with Gasteiger partial charge in [0.25, 0.3) is 0 Å². The summed E-state index contributed by atoms with van der Waals surface area (Å²) in [7, 11) is 0. The van der Waals surface area contributed by atoms with E-state index >= 15 is 0 Å². The third-order valence-electron chi connectivity index (χ3n) is 5.37. The molecule has 31 heavy (non-hydrogen) atoms. The first-order valence-electron chi connectivity index (χ1n) is 10.5. The molecule has 1 saturated heterocycles. The maximum Gasteiger partial charge on any atom is 0.244 e. The van der Waals surface area contributed by atoms with E-state index in [0.717, 1.165) is 41.9 Å². The number of aryl methyl sites for hydroxylation is 1. The van der Waals surface area contributed by atoms with Gasteiger partial charge in [-0.2, -0.15) is 4.98 Å². The van der Waals surface area contributed by atoms with Crippen LogP contribution in [0.15, 0.2) is 70.3 Å². The molecule has 0 aliphatic carbocycles. The second-order valence-electron chi connectivity index (χ2n) is 7.64. The standard InChI is InChI=1S/C23H24N6OS/c1-17-24-22(30-27-17)21(18-10-4-2-5-11-18)31-23-26-25-20(16-28-14-8-9-15-28)29(23)19-12-6-3-7-13-19/h2-7,10-13,21H,8-9,14-16H2,1H3/t21-/m1/s1. The second kappa shape index (κ2) is 9.03. The maximum absolute atomic E-state index is 5.57. The lowest BCUT2D eigenvalue weighted by Crippen LogP contribution is -2.21. The Morgan fingerprint density at radius 2 is 1.68 bits per heavy atom. The van der Waals surface area contributed by atoms with Crippen LogP contribution in [0.2, 0.25) is 0 Å². The quantitative estimate of drug-likeness (QED) is 0.400. The van der Waals surface area contributed by atoms with Gasteiger partial charge < -0.3 is 4.52 Å². The molecule has 5 rings (SSSR count). The van der Waals surface area contributed by atoms with Crippen molar-refractivity contribution in [2.75, 3.05) is 13.1 Å². The van der Waals surface area contributed by atoms with Crippen LogP contribution < -0.4 is 0 Å². The second-order valence-corrected chi connectivity index (χ2v) is 8.71. The number of likely N-dealkylation sites (tertiary alicyclic amines) is 1. The smallest absolute Gasteiger partial charge is 0.244 e. The molecule has 3 heterocycles. The van der Waals surface area contributed by atoms with Crippen LogP contribution in [0.5, 0.6) is 0 Å². The van der Waals surface area contributed by atoms with Gasteiger partial charge in [0, 0.05) is 5.69 Å². The fraction of sp³-hybridized carbons (Fsp3) is 0.304. The summed E-state index contributed by atoms with van der Waals surface area (Å²) >= 11 is 1.58. The zero-order valence-corrected chi connectivity index (χ0v) is 18.2. The van der Waals surface area contributed by atoms with Crippen LogP contribution in [0.3, 0.4) is 0 Å². The largest absolute Gasteiger partial charge is 0.338 e. The highest BCUT2D eigenvalue weighted by molar-refractivity contribution is 7.99. The Morgan fingerprint density at radius 1 is 0.968 bits per heavy atom. The Morgan fingerprint density at radius 3 is 2.35 bits per heavy atom. The van der Waals surface area contributed by atoms with Gasteiger partial charge in [-0.25, -0.2) is 0 Å². The average molecular weight is 433 g/mol. The van der Waals surface area contributed by atoms with Gasteiger partial charge in [0.05, 0.1) is 6.54 Å². The first-order valence-corrected chi connectivity index (χ1v) is 11.4. The number of thioether (sulfide) groups is 1. The fourth-order valence-electron chi connectivity index (χ4n) is 3.87. The van der Waals surface area contributed by atoms with E-state index in [2.05, 4.69) is 54.1 Å². The molecular weight excluding hydrogens is 408 g/mol. The van der Waals surface area contributed by atoms with Crippen molar-refractivity contribution < 1.29 is 4.52 Å². The summed E-state index contributed by atoms with van der Waals surface area (Å²) in [5.41, 5.74) is 2.14. The Bertz CT molecular complexity index is 1120. The number of hydrogen-bond acceptors (Lipinski definition) is 7. The average Bonchev–Trinajstić information content (AvgIpc) is 3.56. The Balaban J connectivity index is 1.54. The highest BCUT2D eigenvalue weighted by Crippen LogP contribution is 2.40. The van der Waals surface area contributed by atoms with Gasteiger partial charge in [0.15, 0.2) is 16.8 Å². The van der Waals surface area contributed by atoms with Crippen molar-refractivity contribution in [3.8, 4) is 5.69 Å². The molecule has 1 aliphatic heterocycles. The van der Waals surface area contributed by atoms with Crippen LogP contribution >= 0.6 is 11.8 Å². The summed E-state index contributed by atoms with van der Waals surface area (Å²) in [6.07, 6.45) is 2.49. The highest BCUT2D eigenvalue weighted by atomic mass is 32.2. The minimum absolute atomic E-state index is 0.173. The van der Waals surface area contributed by atoms with E-state index in [9.17, 15) is 0 Å². The molecule has 1 atom stereocenters. The van der Waals surface area contributed by atoms with Gasteiger partial charge >= 0.3 is 0 Å². The number of rotatable bonds is 7. The normalized spacial score (nSPS) is 15.4. The molecule has 7 nitrogen and oxygen atoms in total. The predicted molar refractivity (Wildman–Crippen MR) is 119 cm³/mol. The van der Waals surface area contributed by atoms with E-state index < -0.39 is 0 Å². The summed E-state index contributed by atoms with van der Waals surface area (Å²) in [6, 6.07) is 20.5. The molecule has 2 aromatic heterocycles. The summed E-state index contributed by atoms with van der Waals surface area (Å²) < 4.78 is 7.72. The first kappa shape index (κ1) is 20.0. The van der Waals surface area contributed by atoms with Crippen LogP contribution in [0, 0.1) is 6.92 Å². The third-order valence-corrected chi connectivity index (χ3v) is 6.56. The molecule has 0 N–H and O–H groups in total. The van der Waals surface area contributed by atoms with Crippen LogP contribution in [0.25, 0.3) is 5.69 Å². The van der Waals surface area contributed by atoms with Crippen molar-refractivity contribution in [2.24, 2.45) is 0 Å². The molecule has 8 heteroatoms. The van der Waals surface area contributed by atoms with Crippen molar-refractivity contribution in [3.05, 3.63) is 83.8 Å². The SMILES string of the molecule is Cc1noc([C@H](Sc2nnc(CN3CCCC3)n2-c2ccccc2)c2ccccc2)n1. The van der Waals surface area contributed by atoms with Gasteiger partial charge in [0.2, 0.25) is 5.89 Å². The number of benzene rings is 2. The molecule has 1 fully saturated rings. The van der Waals surface area contributed by atoms with Gasteiger partial charge in [-0.3, -0.25) is 9.47 Å². The molecule has 0 amide bonds. The molecule has 0 saturated carbocycles. The zero-order valence-electron chi connectivity index (χ0n) is 17.4. The number of hydrogen-bond donors (Lipinski definition) is 0. The summed E-state index contributed by atoms with van der Waals surface area (Å²) in [6.45, 7) is 4.84. The van der Waals surface area contributed by atoms with Crippen molar-refractivity contribution >= 4 is 11.8 Å². The fourth-order valence-corrected chi connectivity index (χ4v) is 4.97. The Hall–Kier alpha value is -2.97. The molecular formula is C23H24N6OS. The summed E-state index contributed by atoms with van der Waals surface area (Å²) in [5, 5.41) is 13.8. The zero-order chi connectivity index (χ0) is 21.0. The van der Waals surface area contributed by atoms with Crippen LogP contribution in [0.1, 0.15) is 41.2 Å². The van der Waals surface area contributed by atoms with E-state index in [1.54, 1.807) is 11.8 Å². The lowest BCUT2D eigenvalue weighted by molar-refractivity contribution is 0.319. The van der Waals surface area contributed by atoms with E-state index in [-0.39, 0.29) is 5.25 Å². The van der Waals surface area contributed by atoms with Crippen molar-refractivity contribution in [2.45, 2.75) is 36.7 Å². The monoisotopic (exact) mass is 432 g/mol. The maximum atomic E-state index is 5.57. The minimum atomic E-state index is -0.173. The first-order chi connectivity index (χ1) is 15.3. The van der Waals surface area contributed by atoms with E-state index in [4.69, 9.17) is 4.52 Å². The topological polar surface area (TPSA) is 72.9 Å². The van der Waals surface area contributed by atoms with Crippen molar-refractivity contribution in [3.63, 3.8) is 0 Å². The van der Waals surface area contributed by atoms with Crippen molar-refractivity contribution in [1.82, 2.24) is 29.8 Å². The molecule has 2 aromatic carbocycles. The van der Waals surface area contributed by atoms with Gasteiger partial charge in [-0.15, -0.1) is 10.2 Å². The molecule has 0 unspecified atom stereocenters. The van der Waals surface area contributed by atoms with Gasteiger partial charge in [-0.05, 0) is 50.6 Å². The third kappa shape index (κ3) is 4.40. The van der Waals surface area contributed by atoms with Crippen LogP contribution in [-0.2, 0) is 6.54 Å². The molecule has 0 radical (unpaired) electrons. The molecule has 1 aliphatic rings. The number of nitrogens with zero attached hydrogens (tertiary/aromatic N) is 6. The molecule has 0 bridgehead atoms. The molecule has 158 valence electrons. The van der Waals surface area contributed by atoms with Crippen molar-refractivity contribution in [1.29, 1.82) is 0 Å². The highest BCUT2D eigenvalue weighted by Gasteiger charge is 2.27. The van der Waals surface area contributed by atoms with Gasteiger partial charge in [0.1, 0.15) is 5.25 Å². The minimum Gasteiger partial charge on any atom is -0.338 e. The van der Waals surface area contributed by atoms with Gasteiger partial charge in [-0.1, -0.05) is 65.4 Å². The Kier molecular flexibility index (Phi) is 5.82. The van der Waals surface area contributed by atoms with E-state index in [0.29, 0.717) is 11.7 Å². The lowest BCUT2D eigenvalue weighted by atomic mass is 10.1. The summed E-state index contributed by atoms with van der Waals surface area (Å²) in [5.74, 6) is 2.14. The van der Waals surface area contributed by atoms with Crippen LogP contribution in [0.4, 0.5) is 0 Å². The lowest BCUT2D eigenvalue weighted by Gasteiger charge is -2.17. The molecule has 0 spiro atoms. The predicted octanol–water partition coefficient (Wildman–Crippen LogP) is 4.44. The Labute approximate surface area is 185 Å². The van der Waals surface area contributed by atoms with E-state index in [1.165, 1.54) is 12.8 Å². The number of para-hydroxylation sites is 1. The summed E-state index contributed by atoms with van der Waals surface area (Å²) in [4.78, 5) is 6.95. The number of aromatic nitrogens is 5. The molecule has 4 aromatic rings. The van der Waals surface area contributed by atoms with Crippen LogP contribution in [-0.4, -0.2) is 42.9 Å².